The van der Waals surface area contributed by atoms with Crippen molar-refractivity contribution in [1.82, 2.24) is 0 Å². The van der Waals surface area contributed by atoms with Crippen molar-refractivity contribution in [2.75, 3.05) is 12.9 Å². The Balaban J connectivity index is 2.78. The maximum Gasteiger partial charge on any atom is 0.306 e. The minimum atomic E-state index is -3.69. The Morgan fingerprint density at radius 2 is 2.05 bits per heavy atom. The van der Waals surface area contributed by atoms with Crippen LogP contribution in [0.2, 0.25) is 4.34 Å². The number of halogens is 1. The van der Waals surface area contributed by atoms with Crippen LogP contribution >= 0.6 is 22.9 Å². The number of carbonyl (C=O) groups excluding carboxylic acids is 2. The topological polar surface area (TPSA) is 77.5 Å². The van der Waals surface area contributed by atoms with E-state index in [0.29, 0.717) is 9.21 Å². The molecule has 0 aliphatic carbocycles. The number of carbonyl (C=O) groups is 2. The Morgan fingerprint density at radius 1 is 1.42 bits per heavy atom. The number of esters is 1. The summed E-state index contributed by atoms with van der Waals surface area (Å²) in [6.45, 7) is 1.31. The molecule has 1 heterocycles. The third-order valence-corrected chi connectivity index (χ3v) is 5.85. The molecule has 1 aromatic heterocycles. The lowest BCUT2D eigenvalue weighted by atomic mass is 10.2. The lowest BCUT2D eigenvalue weighted by molar-refractivity contribution is -0.140. The van der Waals surface area contributed by atoms with Crippen LogP contribution in [-0.2, 0) is 19.4 Å². The molecular formula is C11H13ClO5S2. The summed E-state index contributed by atoms with van der Waals surface area (Å²) in [5, 5.41) is -1.20. The Hall–Kier alpha value is -0.920. The van der Waals surface area contributed by atoms with Gasteiger partial charge in [-0.3, -0.25) is 9.59 Å². The number of rotatable bonds is 6. The highest BCUT2D eigenvalue weighted by Gasteiger charge is 2.30. The van der Waals surface area contributed by atoms with E-state index in [1.54, 1.807) is 0 Å². The number of thiophene rings is 1. The fourth-order valence-corrected chi connectivity index (χ4v) is 3.72. The summed E-state index contributed by atoms with van der Waals surface area (Å²) >= 11 is 6.73. The summed E-state index contributed by atoms with van der Waals surface area (Å²) in [7, 11) is -2.51. The lowest BCUT2D eigenvalue weighted by Gasteiger charge is -2.10. The highest BCUT2D eigenvalue weighted by Crippen LogP contribution is 2.24. The highest BCUT2D eigenvalue weighted by atomic mass is 35.5. The predicted octanol–water partition coefficient (Wildman–Crippen LogP) is 1.95. The molecule has 0 amide bonds. The smallest absolute Gasteiger partial charge is 0.306 e. The minimum absolute atomic E-state index is 0.262. The van der Waals surface area contributed by atoms with Gasteiger partial charge in [0.25, 0.3) is 0 Å². The fraction of sp³-hybridized carbons (Fsp3) is 0.455. The first-order chi connectivity index (χ1) is 8.77. The second-order valence-corrected chi connectivity index (χ2v) is 7.96. The Morgan fingerprint density at radius 3 is 2.53 bits per heavy atom. The Bertz CT molecular complexity index is 576. The lowest BCUT2D eigenvalue weighted by Crippen LogP contribution is -2.30. The van der Waals surface area contributed by atoms with Crippen LogP contribution in [0.15, 0.2) is 12.1 Å². The summed E-state index contributed by atoms with van der Waals surface area (Å²) in [6, 6.07) is 3.02. The molecule has 0 aliphatic rings. The van der Waals surface area contributed by atoms with Gasteiger partial charge in [0.15, 0.2) is 15.6 Å². The number of hydrogen-bond donors (Lipinski definition) is 0. The van der Waals surface area contributed by atoms with Gasteiger partial charge in [-0.15, -0.1) is 11.3 Å². The molecule has 1 atom stereocenters. The first-order valence-corrected chi connectivity index (χ1v) is 8.27. The summed E-state index contributed by atoms with van der Waals surface area (Å²) < 4.78 is 28.6. The van der Waals surface area contributed by atoms with Crippen LogP contribution in [0, 0.1) is 0 Å². The van der Waals surface area contributed by atoms with Crippen molar-refractivity contribution in [1.29, 1.82) is 0 Å². The van der Waals surface area contributed by atoms with Crippen LogP contribution in [0.4, 0.5) is 0 Å². The molecule has 1 rings (SSSR count). The number of methoxy groups -OCH3 is 1. The van der Waals surface area contributed by atoms with E-state index in [0.717, 1.165) is 11.3 Å². The van der Waals surface area contributed by atoms with E-state index in [4.69, 9.17) is 11.6 Å². The van der Waals surface area contributed by atoms with E-state index in [-0.39, 0.29) is 6.42 Å². The van der Waals surface area contributed by atoms with Gasteiger partial charge in [0.1, 0.15) is 5.25 Å². The molecule has 0 radical (unpaired) electrons. The van der Waals surface area contributed by atoms with Gasteiger partial charge in [-0.25, -0.2) is 8.42 Å². The molecule has 0 saturated heterocycles. The maximum atomic E-state index is 12.0. The number of sulfone groups is 1. The molecular weight excluding hydrogens is 312 g/mol. The van der Waals surface area contributed by atoms with Gasteiger partial charge in [-0.2, -0.15) is 0 Å². The molecule has 19 heavy (non-hydrogen) atoms. The average molecular weight is 325 g/mol. The molecule has 5 nitrogen and oxygen atoms in total. The normalized spacial score (nSPS) is 13.0. The SMILES string of the molecule is COC(=O)CCS(=O)(=O)C(C)C(=O)c1ccc(Cl)s1. The van der Waals surface area contributed by atoms with Crippen LogP contribution in [0.1, 0.15) is 23.0 Å². The van der Waals surface area contributed by atoms with Crippen LogP contribution in [0.25, 0.3) is 0 Å². The largest absolute Gasteiger partial charge is 0.469 e. The van der Waals surface area contributed by atoms with Crippen molar-refractivity contribution in [3.05, 3.63) is 21.3 Å². The molecule has 0 spiro atoms. The van der Waals surface area contributed by atoms with Gasteiger partial charge < -0.3 is 4.74 Å². The number of Topliss-reactive ketones (excluding diaryl/α,β-unsaturated/α-hetero) is 1. The summed E-state index contributed by atoms with van der Waals surface area (Å²) in [5.41, 5.74) is 0. The second kappa shape index (κ2) is 6.49. The first kappa shape index (κ1) is 16.1. The van der Waals surface area contributed by atoms with Crippen molar-refractivity contribution < 1.29 is 22.7 Å². The fourth-order valence-electron chi connectivity index (χ4n) is 1.31. The monoisotopic (exact) mass is 324 g/mol. The average Bonchev–Trinajstić information content (AvgIpc) is 2.80. The zero-order chi connectivity index (χ0) is 14.6. The van der Waals surface area contributed by atoms with Crippen molar-refractivity contribution in [2.45, 2.75) is 18.6 Å². The third-order valence-electron chi connectivity index (χ3n) is 2.54. The predicted molar refractivity (Wildman–Crippen MR) is 73.5 cm³/mol. The van der Waals surface area contributed by atoms with E-state index >= 15 is 0 Å². The Labute approximate surface area is 120 Å². The van der Waals surface area contributed by atoms with E-state index in [1.807, 2.05) is 0 Å². The highest BCUT2D eigenvalue weighted by molar-refractivity contribution is 7.92. The van der Waals surface area contributed by atoms with Crippen molar-refractivity contribution >= 4 is 44.5 Å². The van der Waals surface area contributed by atoms with E-state index < -0.39 is 32.6 Å². The van der Waals surface area contributed by atoms with E-state index in [1.165, 1.54) is 26.2 Å². The molecule has 8 heteroatoms. The van der Waals surface area contributed by atoms with Crippen molar-refractivity contribution in [3.8, 4) is 0 Å². The van der Waals surface area contributed by atoms with Crippen LogP contribution in [-0.4, -0.2) is 38.3 Å². The van der Waals surface area contributed by atoms with Gasteiger partial charge in [-0.05, 0) is 19.1 Å². The number of ether oxygens (including phenoxy) is 1. The minimum Gasteiger partial charge on any atom is -0.469 e. The quantitative estimate of drug-likeness (QED) is 0.590. The second-order valence-electron chi connectivity index (χ2n) is 3.80. The van der Waals surface area contributed by atoms with Crippen LogP contribution in [0.5, 0.6) is 0 Å². The van der Waals surface area contributed by atoms with Crippen LogP contribution < -0.4 is 0 Å². The summed E-state index contributed by atoms with van der Waals surface area (Å²) in [5.74, 6) is -1.55. The summed E-state index contributed by atoms with van der Waals surface area (Å²) in [6.07, 6.45) is -0.262. The van der Waals surface area contributed by atoms with Gasteiger partial charge in [0, 0.05) is 0 Å². The van der Waals surface area contributed by atoms with Gasteiger partial charge in [0.2, 0.25) is 0 Å². The van der Waals surface area contributed by atoms with E-state index in [9.17, 15) is 18.0 Å². The maximum absolute atomic E-state index is 12.0. The molecule has 1 unspecified atom stereocenters. The van der Waals surface area contributed by atoms with E-state index in [2.05, 4.69) is 4.74 Å². The van der Waals surface area contributed by atoms with Gasteiger partial charge >= 0.3 is 5.97 Å². The molecule has 0 bridgehead atoms. The zero-order valence-electron chi connectivity index (χ0n) is 10.4. The zero-order valence-corrected chi connectivity index (χ0v) is 12.8. The molecule has 0 fully saturated rings. The third kappa shape index (κ3) is 4.29. The molecule has 0 aliphatic heterocycles. The molecule has 0 aromatic carbocycles. The van der Waals surface area contributed by atoms with Crippen molar-refractivity contribution in [2.24, 2.45) is 0 Å². The molecule has 0 N–H and O–H groups in total. The number of hydrogen-bond acceptors (Lipinski definition) is 6. The summed E-state index contributed by atoms with van der Waals surface area (Å²) in [4.78, 5) is 23.2. The van der Waals surface area contributed by atoms with Crippen molar-refractivity contribution in [3.63, 3.8) is 0 Å². The molecule has 1 aromatic rings. The first-order valence-electron chi connectivity index (χ1n) is 5.36. The molecule has 0 saturated carbocycles. The van der Waals surface area contributed by atoms with Crippen LogP contribution in [0.3, 0.4) is 0 Å². The van der Waals surface area contributed by atoms with Gasteiger partial charge in [-0.1, -0.05) is 11.6 Å². The number of ketones is 1. The Kier molecular flexibility index (Phi) is 5.51. The molecule has 106 valence electrons. The standard InChI is InChI=1S/C11H13ClO5S2/c1-7(11(14)8-3-4-9(12)18-8)19(15,16)6-5-10(13)17-2/h3-4,7H,5-6H2,1-2H3. The van der Waals surface area contributed by atoms with Gasteiger partial charge in [0.05, 0.1) is 28.5 Å².